The van der Waals surface area contributed by atoms with Gasteiger partial charge in [0.1, 0.15) is 0 Å². The highest BCUT2D eigenvalue weighted by molar-refractivity contribution is 6.36. The summed E-state index contributed by atoms with van der Waals surface area (Å²) in [5, 5.41) is 1.33. The van der Waals surface area contributed by atoms with Crippen LogP contribution < -0.4 is 0 Å². The topological polar surface area (TPSA) is 3.24 Å². The monoisotopic (exact) mass is 331 g/mol. The molecule has 1 unspecified atom stereocenters. The molecule has 0 aliphatic carbocycles. The van der Waals surface area contributed by atoms with Gasteiger partial charge in [-0.05, 0) is 44.1 Å². The van der Waals surface area contributed by atoms with Crippen LogP contribution in [0.25, 0.3) is 0 Å². The molecule has 0 aromatic rings. The van der Waals surface area contributed by atoms with Crippen LogP contribution in [-0.4, -0.2) is 18.0 Å². The molecule has 21 heavy (non-hydrogen) atoms. The lowest BCUT2D eigenvalue weighted by Gasteiger charge is -2.28. The molecule has 0 amide bonds. The first kappa shape index (κ1) is 20.6. The Hall–Kier alpha value is -0.400. The van der Waals surface area contributed by atoms with Crippen LogP contribution in [-0.2, 0) is 0 Å². The maximum Gasteiger partial charge on any atom is 0.0741 e. The molecule has 0 saturated heterocycles. The molecule has 0 rings (SSSR count). The van der Waals surface area contributed by atoms with Gasteiger partial charge in [-0.25, -0.2) is 0 Å². The molecule has 0 bridgehead atoms. The van der Waals surface area contributed by atoms with Crippen molar-refractivity contribution in [2.24, 2.45) is 11.8 Å². The Morgan fingerprint density at radius 3 is 2.24 bits per heavy atom. The zero-order valence-electron chi connectivity index (χ0n) is 14.3. The number of halogens is 2. The third-order valence-electron chi connectivity index (χ3n) is 3.92. The van der Waals surface area contributed by atoms with Crippen molar-refractivity contribution in [2.75, 3.05) is 13.1 Å². The van der Waals surface area contributed by atoms with Crippen molar-refractivity contribution in [1.82, 2.24) is 4.90 Å². The van der Waals surface area contributed by atoms with Crippen molar-refractivity contribution in [2.45, 2.75) is 53.9 Å². The van der Waals surface area contributed by atoms with E-state index in [0.29, 0.717) is 10.1 Å². The Morgan fingerprint density at radius 2 is 1.81 bits per heavy atom. The van der Waals surface area contributed by atoms with E-state index in [1.54, 1.807) is 6.08 Å². The number of rotatable bonds is 10. The first-order chi connectivity index (χ1) is 9.88. The fourth-order valence-electron chi connectivity index (χ4n) is 2.19. The van der Waals surface area contributed by atoms with Crippen LogP contribution in [0.15, 0.2) is 34.5 Å². The summed E-state index contributed by atoms with van der Waals surface area (Å²) in [5.74, 6) is 1.48. The summed E-state index contributed by atoms with van der Waals surface area (Å²) >= 11 is 12.7. The Bertz CT molecular complexity index is 369. The van der Waals surface area contributed by atoms with Gasteiger partial charge in [0.2, 0.25) is 0 Å². The molecular formula is C18H31Cl2N. The second kappa shape index (κ2) is 11.2. The van der Waals surface area contributed by atoms with E-state index in [2.05, 4.69) is 39.2 Å². The van der Waals surface area contributed by atoms with Crippen LogP contribution in [0.1, 0.15) is 53.9 Å². The molecule has 3 heteroatoms. The molecule has 0 aliphatic rings. The standard InChI is InChI=1S/C18H31Cl2N/c1-7-12-21(13-10-11-15(6)14(4)5)18(16(19)8-2)17(20)9-3/h8-9,14-15H,2,7,10-13H2,1,3-6H3/b17-9+,18-16-. The Balaban J connectivity index is 4.97. The van der Waals surface area contributed by atoms with Gasteiger partial charge in [-0.1, -0.05) is 63.6 Å². The zero-order chi connectivity index (χ0) is 16.4. The van der Waals surface area contributed by atoms with E-state index in [9.17, 15) is 0 Å². The molecule has 1 atom stereocenters. The predicted molar refractivity (Wildman–Crippen MR) is 97.8 cm³/mol. The highest BCUT2D eigenvalue weighted by Gasteiger charge is 2.16. The molecular weight excluding hydrogens is 301 g/mol. The third-order valence-corrected chi connectivity index (χ3v) is 4.65. The summed E-state index contributed by atoms with van der Waals surface area (Å²) in [4.78, 5) is 2.29. The van der Waals surface area contributed by atoms with E-state index in [-0.39, 0.29) is 0 Å². The van der Waals surface area contributed by atoms with Gasteiger partial charge in [-0.2, -0.15) is 0 Å². The first-order valence-electron chi connectivity index (χ1n) is 7.98. The molecule has 0 N–H and O–H groups in total. The van der Waals surface area contributed by atoms with E-state index in [1.165, 1.54) is 6.42 Å². The van der Waals surface area contributed by atoms with E-state index >= 15 is 0 Å². The van der Waals surface area contributed by atoms with Gasteiger partial charge in [-0.15, -0.1) is 0 Å². The largest absolute Gasteiger partial charge is 0.369 e. The van der Waals surface area contributed by atoms with Gasteiger partial charge >= 0.3 is 0 Å². The van der Waals surface area contributed by atoms with Crippen LogP contribution in [0.3, 0.4) is 0 Å². The van der Waals surface area contributed by atoms with Gasteiger partial charge in [-0.3, -0.25) is 0 Å². The van der Waals surface area contributed by atoms with E-state index in [0.717, 1.165) is 43.5 Å². The minimum atomic E-state index is 0.628. The van der Waals surface area contributed by atoms with E-state index in [4.69, 9.17) is 23.2 Å². The number of allylic oxidation sites excluding steroid dienone is 4. The van der Waals surface area contributed by atoms with Gasteiger partial charge in [0, 0.05) is 13.1 Å². The second-order valence-electron chi connectivity index (χ2n) is 5.89. The smallest absolute Gasteiger partial charge is 0.0741 e. The van der Waals surface area contributed by atoms with Crippen molar-refractivity contribution < 1.29 is 0 Å². The molecule has 0 spiro atoms. The molecule has 0 saturated carbocycles. The van der Waals surface area contributed by atoms with Gasteiger partial charge < -0.3 is 4.90 Å². The molecule has 0 radical (unpaired) electrons. The fourth-order valence-corrected chi connectivity index (χ4v) is 2.68. The molecule has 0 heterocycles. The SMILES string of the molecule is C=C/C(Cl)=C(\C(Cl)=C/C)N(CCC)CCCC(C)C(C)C. The second-order valence-corrected chi connectivity index (χ2v) is 6.70. The van der Waals surface area contributed by atoms with Gasteiger partial charge in [0.25, 0.3) is 0 Å². The Morgan fingerprint density at radius 1 is 1.19 bits per heavy atom. The van der Waals surface area contributed by atoms with Gasteiger partial charge in [0.05, 0.1) is 15.8 Å². The lowest BCUT2D eigenvalue weighted by Crippen LogP contribution is -2.26. The fraction of sp³-hybridized carbons (Fsp3) is 0.667. The minimum Gasteiger partial charge on any atom is -0.369 e. The molecule has 0 aromatic carbocycles. The average Bonchev–Trinajstić information content (AvgIpc) is 2.46. The molecule has 122 valence electrons. The van der Waals surface area contributed by atoms with Crippen LogP contribution in [0.2, 0.25) is 0 Å². The lowest BCUT2D eigenvalue weighted by atomic mass is 9.93. The Labute approximate surface area is 141 Å². The van der Waals surface area contributed by atoms with E-state index in [1.807, 2.05) is 13.0 Å². The zero-order valence-corrected chi connectivity index (χ0v) is 15.8. The van der Waals surface area contributed by atoms with Crippen molar-refractivity contribution in [3.05, 3.63) is 34.5 Å². The number of nitrogens with zero attached hydrogens (tertiary/aromatic N) is 1. The van der Waals surface area contributed by atoms with Crippen LogP contribution in [0.4, 0.5) is 0 Å². The molecule has 0 aromatic heterocycles. The van der Waals surface area contributed by atoms with Gasteiger partial charge in [0.15, 0.2) is 0 Å². The maximum absolute atomic E-state index is 6.36. The molecule has 0 fully saturated rings. The number of hydrogen-bond donors (Lipinski definition) is 0. The van der Waals surface area contributed by atoms with Crippen molar-refractivity contribution in [1.29, 1.82) is 0 Å². The van der Waals surface area contributed by atoms with Crippen LogP contribution >= 0.6 is 23.2 Å². The van der Waals surface area contributed by atoms with Crippen LogP contribution in [0.5, 0.6) is 0 Å². The number of hydrogen-bond acceptors (Lipinski definition) is 1. The highest BCUT2D eigenvalue weighted by Crippen LogP contribution is 2.27. The van der Waals surface area contributed by atoms with Crippen molar-refractivity contribution in [3.63, 3.8) is 0 Å². The highest BCUT2D eigenvalue weighted by atomic mass is 35.5. The normalized spacial score (nSPS) is 15.0. The first-order valence-corrected chi connectivity index (χ1v) is 8.73. The summed E-state index contributed by atoms with van der Waals surface area (Å²) in [6, 6.07) is 0. The molecule has 0 aliphatic heterocycles. The average molecular weight is 332 g/mol. The van der Waals surface area contributed by atoms with Crippen LogP contribution in [0, 0.1) is 11.8 Å². The molecule has 1 nitrogen and oxygen atoms in total. The third kappa shape index (κ3) is 7.42. The Kier molecular flexibility index (Phi) is 11.0. The van der Waals surface area contributed by atoms with Crippen molar-refractivity contribution in [3.8, 4) is 0 Å². The van der Waals surface area contributed by atoms with E-state index < -0.39 is 0 Å². The lowest BCUT2D eigenvalue weighted by molar-refractivity contribution is 0.310. The maximum atomic E-state index is 6.36. The summed E-state index contributed by atoms with van der Waals surface area (Å²) in [6.07, 6.45) is 7.01. The predicted octanol–water partition coefficient (Wildman–Crippen LogP) is 6.55. The summed E-state index contributed by atoms with van der Waals surface area (Å²) in [7, 11) is 0. The quantitative estimate of drug-likeness (QED) is 0.410. The van der Waals surface area contributed by atoms with Crippen molar-refractivity contribution >= 4 is 23.2 Å². The summed E-state index contributed by atoms with van der Waals surface area (Å²) in [6.45, 7) is 16.7. The minimum absolute atomic E-state index is 0.628. The summed E-state index contributed by atoms with van der Waals surface area (Å²) in [5.41, 5.74) is 0.912. The summed E-state index contributed by atoms with van der Waals surface area (Å²) < 4.78 is 0.